The molecule has 0 fully saturated rings. The summed E-state index contributed by atoms with van der Waals surface area (Å²) in [5, 5.41) is 4.52. The van der Waals surface area contributed by atoms with E-state index in [1.165, 1.54) is 33.0 Å². The molecule has 20 rings (SSSR count). The van der Waals surface area contributed by atoms with Crippen molar-refractivity contribution in [3.05, 3.63) is 350 Å². The van der Waals surface area contributed by atoms with Crippen molar-refractivity contribution < 1.29 is 11.0 Å². The minimum atomic E-state index is -0.553. The standard InChI is InChI=1S/C107H92BN5/c1-104(2,3)67-68-31-28-37-72(59-68)82-53-58-95-100(85-43-24-27-48-92(85)109(95)77-39-20-15-21-40-77)103(82)113-97-66-79(111-93-56-49-75(106(7,8)9)63-86(93)87-64-76(107(10,11)12)50-57-94(87)111)52-55-89(97)108-88-54-51-78(110-90-46-25-22-41-83(90)84-42-23-26-47-91(84)110)65-96(88)112(98-61-73(62-99(113)101(98)108)71-36-29-38-74(60-71)105(4,5)6)102-80(69-32-16-13-17-33-69)44-30-45-81(102)70-34-18-14-19-35-70/h13-66H,67H2,1-12H3/i22D,23D,25D,26D,41D,42D,46D,47D. The zero-order valence-electron chi connectivity index (χ0n) is 74.1. The molecule has 0 radical (unpaired) electrons. The van der Waals surface area contributed by atoms with E-state index in [1.807, 2.05) is 6.07 Å². The predicted molar refractivity (Wildman–Crippen MR) is 484 cm³/mol. The first-order valence-corrected chi connectivity index (χ1v) is 39.6. The van der Waals surface area contributed by atoms with E-state index in [4.69, 9.17) is 2.74 Å². The largest absolute Gasteiger partial charge is 0.310 e. The highest BCUT2D eigenvalue weighted by molar-refractivity contribution is 7.00. The lowest BCUT2D eigenvalue weighted by Crippen LogP contribution is -2.61. The Morgan fingerprint density at radius 3 is 1.31 bits per heavy atom. The molecule has 3 aromatic heterocycles. The molecule has 0 N–H and O–H groups in total. The van der Waals surface area contributed by atoms with Gasteiger partial charge in [-0.1, -0.05) is 313 Å². The summed E-state index contributed by atoms with van der Waals surface area (Å²) >= 11 is 0. The number of nitrogens with zero attached hydrogens (tertiary/aromatic N) is 5. The van der Waals surface area contributed by atoms with Gasteiger partial charge < -0.3 is 23.5 Å². The number of anilines is 6. The van der Waals surface area contributed by atoms with Gasteiger partial charge >= 0.3 is 0 Å². The van der Waals surface area contributed by atoms with Crippen LogP contribution in [-0.4, -0.2) is 20.4 Å². The van der Waals surface area contributed by atoms with Gasteiger partial charge in [0.1, 0.15) is 0 Å². The molecule has 6 heteroatoms. The molecule has 18 aromatic rings. The maximum atomic E-state index is 9.96. The third-order valence-electron chi connectivity index (χ3n) is 23.6. The van der Waals surface area contributed by atoms with Gasteiger partial charge in [0.15, 0.2) is 0 Å². The summed E-state index contributed by atoms with van der Waals surface area (Å²) in [5.41, 5.74) is 27.4. The Morgan fingerprint density at radius 1 is 0.292 bits per heavy atom. The van der Waals surface area contributed by atoms with Crippen LogP contribution in [0.1, 0.15) is 116 Å². The number of hydrogen-bond donors (Lipinski definition) is 0. The Bertz CT molecular complexity index is 7190. The van der Waals surface area contributed by atoms with Crippen molar-refractivity contribution in [3.8, 4) is 61.6 Å². The third-order valence-corrected chi connectivity index (χ3v) is 23.6. The highest BCUT2D eigenvalue weighted by atomic mass is 15.2. The molecular weight excluding hydrogens is 1370 g/mol. The van der Waals surface area contributed by atoms with Gasteiger partial charge in [-0.05, 0) is 192 Å². The number of aromatic nitrogens is 3. The number of hydrogen-bond acceptors (Lipinski definition) is 2. The molecule has 2 aliphatic heterocycles. The molecule has 0 spiro atoms. The van der Waals surface area contributed by atoms with E-state index < -0.39 is 43.0 Å². The van der Waals surface area contributed by atoms with Gasteiger partial charge in [0.2, 0.25) is 0 Å². The summed E-state index contributed by atoms with van der Waals surface area (Å²) in [6, 6.07) is 99.3. The molecule has 15 aromatic carbocycles. The molecule has 548 valence electrons. The highest BCUT2D eigenvalue weighted by Gasteiger charge is 2.46. The van der Waals surface area contributed by atoms with Crippen LogP contribution in [0.2, 0.25) is 0 Å². The van der Waals surface area contributed by atoms with Crippen LogP contribution in [0.15, 0.2) is 327 Å². The van der Waals surface area contributed by atoms with Crippen LogP contribution in [0, 0.1) is 5.41 Å². The number of para-hydroxylation sites is 5. The van der Waals surface area contributed by atoms with Gasteiger partial charge in [-0.15, -0.1) is 0 Å². The Balaban J connectivity index is 1.01. The molecular formula is C107H92BN5. The van der Waals surface area contributed by atoms with E-state index >= 15 is 0 Å². The molecule has 0 saturated carbocycles. The first-order chi connectivity index (χ1) is 57.9. The molecule has 5 nitrogen and oxygen atoms in total. The van der Waals surface area contributed by atoms with Crippen molar-refractivity contribution >= 4 is 123 Å². The summed E-state index contributed by atoms with van der Waals surface area (Å²) in [6.07, 6.45) is 0.850. The first kappa shape index (κ1) is 61.1. The number of rotatable bonds is 10. The van der Waals surface area contributed by atoms with E-state index in [0.29, 0.717) is 5.69 Å². The average Bonchev–Trinajstić information content (AvgIpc) is 1.68. The molecule has 2 aliphatic rings. The lowest BCUT2D eigenvalue weighted by Gasteiger charge is -2.46. The van der Waals surface area contributed by atoms with Crippen LogP contribution in [-0.2, 0) is 22.7 Å². The van der Waals surface area contributed by atoms with Crippen LogP contribution in [0.25, 0.3) is 127 Å². The molecule has 5 heterocycles. The van der Waals surface area contributed by atoms with Crippen LogP contribution in [0.4, 0.5) is 34.1 Å². The Kier molecular flexibility index (Phi) is 14.0. The van der Waals surface area contributed by atoms with Crippen LogP contribution < -0.4 is 26.2 Å². The Hall–Kier alpha value is -12.6. The molecule has 0 aliphatic carbocycles. The van der Waals surface area contributed by atoms with E-state index in [1.54, 1.807) is 4.57 Å². The quantitative estimate of drug-likeness (QED) is 0.127. The van der Waals surface area contributed by atoms with Crippen molar-refractivity contribution in [2.75, 3.05) is 9.80 Å². The van der Waals surface area contributed by atoms with Crippen molar-refractivity contribution in [2.45, 2.75) is 106 Å². The van der Waals surface area contributed by atoms with Gasteiger partial charge in [0.05, 0.1) is 55.4 Å². The zero-order valence-corrected chi connectivity index (χ0v) is 66.1. The molecule has 0 atom stereocenters. The summed E-state index contributed by atoms with van der Waals surface area (Å²) < 4.78 is 83.0. The molecule has 0 bridgehead atoms. The molecule has 0 saturated heterocycles. The van der Waals surface area contributed by atoms with Gasteiger partial charge in [-0.25, -0.2) is 0 Å². The Labute approximate surface area is 675 Å². The lowest BCUT2D eigenvalue weighted by atomic mass is 9.33. The average molecular weight is 1470 g/mol. The van der Waals surface area contributed by atoms with Gasteiger partial charge in [-0.3, -0.25) is 0 Å². The summed E-state index contributed by atoms with van der Waals surface area (Å²) in [4.78, 5) is 5.11. The zero-order chi connectivity index (χ0) is 84.1. The maximum Gasteiger partial charge on any atom is 0.252 e. The summed E-state index contributed by atoms with van der Waals surface area (Å²) in [6.45, 7) is 27.0. The monoisotopic (exact) mass is 1470 g/mol. The fourth-order valence-electron chi connectivity index (χ4n) is 18.3. The van der Waals surface area contributed by atoms with Crippen molar-refractivity contribution in [3.63, 3.8) is 0 Å². The maximum absolute atomic E-state index is 9.96. The van der Waals surface area contributed by atoms with Gasteiger partial charge in [0, 0.05) is 88.8 Å². The van der Waals surface area contributed by atoms with E-state index in [0.717, 1.165) is 146 Å². The minimum absolute atomic E-state index is 0.00678. The van der Waals surface area contributed by atoms with E-state index in [-0.39, 0.29) is 55.6 Å². The van der Waals surface area contributed by atoms with Crippen LogP contribution in [0.3, 0.4) is 0 Å². The topological polar surface area (TPSA) is 21.3 Å². The second-order valence-electron chi connectivity index (χ2n) is 35.3. The second-order valence-corrected chi connectivity index (χ2v) is 35.3. The first-order valence-electron chi connectivity index (χ1n) is 43.6. The molecule has 0 unspecified atom stereocenters. The van der Waals surface area contributed by atoms with Crippen molar-refractivity contribution in [1.29, 1.82) is 0 Å². The third kappa shape index (κ3) is 11.5. The fourth-order valence-corrected chi connectivity index (χ4v) is 18.3. The fraction of sp³-hybridized carbons (Fsp3) is 0.159. The van der Waals surface area contributed by atoms with Crippen LogP contribution in [0.5, 0.6) is 0 Å². The predicted octanol–water partition coefficient (Wildman–Crippen LogP) is 27.2. The lowest BCUT2D eigenvalue weighted by molar-refractivity contribution is 0.411. The van der Waals surface area contributed by atoms with Gasteiger partial charge in [0.25, 0.3) is 6.71 Å². The van der Waals surface area contributed by atoms with E-state index in [9.17, 15) is 8.22 Å². The smallest absolute Gasteiger partial charge is 0.252 e. The minimum Gasteiger partial charge on any atom is -0.310 e. The molecule has 113 heavy (non-hydrogen) atoms. The van der Waals surface area contributed by atoms with Crippen LogP contribution >= 0.6 is 0 Å². The number of fused-ring (bicyclic) bond motifs is 13. The van der Waals surface area contributed by atoms with Crippen molar-refractivity contribution in [2.24, 2.45) is 5.41 Å². The molecule has 0 amide bonds. The Morgan fingerprint density at radius 2 is 0.743 bits per heavy atom. The van der Waals surface area contributed by atoms with Gasteiger partial charge in [-0.2, -0.15) is 0 Å². The van der Waals surface area contributed by atoms with E-state index in [2.05, 4.69) is 375 Å². The second kappa shape index (κ2) is 26.0. The van der Waals surface area contributed by atoms with Crippen molar-refractivity contribution in [1.82, 2.24) is 13.7 Å². The summed E-state index contributed by atoms with van der Waals surface area (Å²) in [5.74, 6) is 0. The highest BCUT2D eigenvalue weighted by Crippen LogP contribution is 2.56. The number of benzene rings is 15. The SMILES string of the molecule is [2H]c1c([2H])c([2H])c2c(c1[2H])c1c([2H])c([2H])c([2H])c([2H])c1n2-c1ccc2c(c1)N(c1c(-c3ccccc3)cccc1-c1ccccc1)c1cc(-c3cccc(C(C)(C)C)c3)cc3c1B2c1ccc(-n2c4ccc(C(C)(C)C)cc4c4cc(C(C)(C)C)ccc42)cc1N3c1c(-c2cccc(CC(C)(C)C)c2)ccc2c1c1ccccc1n2-c1ccccc1. The summed E-state index contributed by atoms with van der Waals surface area (Å²) in [7, 11) is 0. The normalized spacial score (nSPS) is 14.1.